The van der Waals surface area contributed by atoms with Gasteiger partial charge in [0.1, 0.15) is 0 Å². The molecule has 0 saturated carbocycles. The molecule has 1 unspecified atom stereocenters. The van der Waals surface area contributed by atoms with E-state index in [1.165, 1.54) is 6.42 Å². The van der Waals surface area contributed by atoms with Gasteiger partial charge in [-0.1, -0.05) is 0 Å². The first kappa shape index (κ1) is 10.5. The fraction of sp³-hybridized carbons (Fsp3) is 0.889. The van der Waals surface area contributed by atoms with Gasteiger partial charge in [-0.25, -0.2) is 0 Å². The first-order valence-electron chi connectivity index (χ1n) is 4.87. The number of nitrogens with two attached hydrogens (primary N) is 1. The third kappa shape index (κ3) is 3.74. The number of carbonyl (C=O) groups excluding carboxylic acids is 1. The number of nitrogens with zero attached hydrogens (tertiary/aromatic N) is 1. The van der Waals surface area contributed by atoms with Gasteiger partial charge >= 0.3 is 0 Å². The van der Waals surface area contributed by atoms with Gasteiger partial charge in [0.2, 0.25) is 5.91 Å². The van der Waals surface area contributed by atoms with Crippen LogP contribution in [0.15, 0.2) is 0 Å². The maximum atomic E-state index is 11.1. The molecule has 1 amide bonds. The van der Waals surface area contributed by atoms with Crippen molar-refractivity contribution < 1.29 is 4.79 Å². The van der Waals surface area contributed by atoms with Crippen molar-refractivity contribution in [1.82, 2.24) is 10.2 Å². The monoisotopic (exact) mass is 185 g/mol. The summed E-state index contributed by atoms with van der Waals surface area (Å²) in [6, 6.07) is 0. The smallest absolute Gasteiger partial charge is 0.221 e. The summed E-state index contributed by atoms with van der Waals surface area (Å²) in [7, 11) is 2.11. The van der Waals surface area contributed by atoms with E-state index in [0.29, 0.717) is 18.9 Å². The molecule has 1 rings (SSSR count). The molecule has 1 atom stereocenters. The molecule has 0 spiro atoms. The van der Waals surface area contributed by atoms with Gasteiger partial charge in [0.25, 0.3) is 0 Å². The molecular weight excluding hydrogens is 166 g/mol. The first-order chi connectivity index (χ1) is 6.22. The number of nitrogens with one attached hydrogen (secondary N) is 1. The highest BCUT2D eigenvalue weighted by molar-refractivity contribution is 5.75. The van der Waals surface area contributed by atoms with Crippen LogP contribution in [0.3, 0.4) is 0 Å². The second-order valence-corrected chi connectivity index (χ2v) is 3.76. The maximum Gasteiger partial charge on any atom is 0.221 e. The number of amides is 1. The Balaban J connectivity index is 2.09. The van der Waals surface area contributed by atoms with Crippen LogP contribution in [0.4, 0.5) is 0 Å². The molecule has 1 aliphatic rings. The van der Waals surface area contributed by atoms with Crippen molar-refractivity contribution in [2.75, 3.05) is 33.2 Å². The van der Waals surface area contributed by atoms with E-state index in [2.05, 4.69) is 17.3 Å². The van der Waals surface area contributed by atoms with Crippen LogP contribution in [0.5, 0.6) is 0 Å². The van der Waals surface area contributed by atoms with Crippen LogP contribution in [0.1, 0.15) is 12.8 Å². The lowest BCUT2D eigenvalue weighted by Crippen LogP contribution is -2.31. The lowest BCUT2D eigenvalue weighted by Gasteiger charge is -2.11. The highest BCUT2D eigenvalue weighted by Crippen LogP contribution is 2.12. The molecule has 1 heterocycles. The van der Waals surface area contributed by atoms with Crippen molar-refractivity contribution in [1.29, 1.82) is 0 Å². The van der Waals surface area contributed by atoms with Crippen LogP contribution < -0.4 is 11.1 Å². The molecule has 4 nitrogen and oxygen atoms in total. The number of hydrogen-bond donors (Lipinski definition) is 2. The Morgan fingerprint density at radius 1 is 1.69 bits per heavy atom. The van der Waals surface area contributed by atoms with E-state index in [4.69, 9.17) is 5.73 Å². The van der Waals surface area contributed by atoms with Crippen molar-refractivity contribution in [3.63, 3.8) is 0 Å². The fourth-order valence-corrected chi connectivity index (χ4v) is 1.67. The molecule has 0 aromatic heterocycles. The van der Waals surface area contributed by atoms with Crippen molar-refractivity contribution >= 4 is 5.91 Å². The molecular formula is C9H19N3O. The summed E-state index contributed by atoms with van der Waals surface area (Å²) >= 11 is 0. The predicted octanol–water partition coefficient (Wildman–Crippen LogP) is -0.597. The lowest BCUT2D eigenvalue weighted by atomic mass is 10.1. The van der Waals surface area contributed by atoms with Crippen LogP contribution in [-0.4, -0.2) is 44.0 Å². The zero-order valence-electron chi connectivity index (χ0n) is 8.25. The summed E-state index contributed by atoms with van der Waals surface area (Å²) < 4.78 is 0. The topological polar surface area (TPSA) is 58.4 Å². The van der Waals surface area contributed by atoms with Crippen LogP contribution >= 0.6 is 0 Å². The summed E-state index contributed by atoms with van der Waals surface area (Å²) in [6.07, 6.45) is 1.64. The second-order valence-electron chi connectivity index (χ2n) is 3.76. The van der Waals surface area contributed by atoms with Gasteiger partial charge in [-0.2, -0.15) is 0 Å². The van der Waals surface area contributed by atoms with Gasteiger partial charge in [0, 0.05) is 26.1 Å². The number of rotatable bonds is 4. The van der Waals surface area contributed by atoms with Gasteiger partial charge in [-0.3, -0.25) is 4.79 Å². The summed E-state index contributed by atoms with van der Waals surface area (Å²) in [5.74, 6) is 0.712. The second kappa shape index (κ2) is 5.19. The third-order valence-corrected chi connectivity index (χ3v) is 2.45. The summed E-state index contributed by atoms with van der Waals surface area (Å²) in [5, 5.41) is 2.90. The van der Waals surface area contributed by atoms with E-state index in [1.807, 2.05) is 0 Å². The van der Waals surface area contributed by atoms with E-state index >= 15 is 0 Å². The third-order valence-electron chi connectivity index (χ3n) is 2.45. The van der Waals surface area contributed by atoms with Crippen molar-refractivity contribution in [3.8, 4) is 0 Å². The van der Waals surface area contributed by atoms with Crippen LogP contribution in [0.25, 0.3) is 0 Å². The molecule has 0 aliphatic carbocycles. The zero-order chi connectivity index (χ0) is 9.68. The number of hydrogen-bond acceptors (Lipinski definition) is 3. The summed E-state index contributed by atoms with van der Waals surface area (Å²) in [6.45, 7) is 3.50. The molecule has 1 aliphatic heterocycles. The normalized spacial score (nSPS) is 23.4. The number of likely N-dealkylation sites (tertiary alicyclic amines) is 1. The van der Waals surface area contributed by atoms with E-state index in [-0.39, 0.29) is 5.91 Å². The van der Waals surface area contributed by atoms with Gasteiger partial charge in [0.05, 0.1) is 0 Å². The van der Waals surface area contributed by atoms with Crippen molar-refractivity contribution in [2.24, 2.45) is 11.7 Å². The Kier molecular flexibility index (Phi) is 4.18. The van der Waals surface area contributed by atoms with Crippen LogP contribution in [0, 0.1) is 5.92 Å². The van der Waals surface area contributed by atoms with E-state index in [9.17, 15) is 4.79 Å². The van der Waals surface area contributed by atoms with E-state index < -0.39 is 0 Å². The molecule has 3 N–H and O–H groups in total. The average Bonchev–Trinajstić information content (AvgIpc) is 2.49. The highest BCUT2D eigenvalue weighted by atomic mass is 16.1. The van der Waals surface area contributed by atoms with E-state index in [0.717, 1.165) is 19.6 Å². The summed E-state index contributed by atoms with van der Waals surface area (Å²) in [5.41, 5.74) is 5.27. The molecule has 0 radical (unpaired) electrons. The molecule has 4 heteroatoms. The minimum absolute atomic E-state index is 0.0806. The minimum atomic E-state index is 0.0806. The largest absolute Gasteiger partial charge is 0.356 e. The summed E-state index contributed by atoms with van der Waals surface area (Å²) in [4.78, 5) is 13.4. The first-order valence-corrected chi connectivity index (χ1v) is 4.87. The van der Waals surface area contributed by atoms with Crippen molar-refractivity contribution in [2.45, 2.75) is 12.8 Å². The zero-order valence-corrected chi connectivity index (χ0v) is 8.25. The molecule has 1 saturated heterocycles. The molecule has 0 aromatic rings. The average molecular weight is 185 g/mol. The van der Waals surface area contributed by atoms with Gasteiger partial charge < -0.3 is 16.0 Å². The predicted molar refractivity (Wildman–Crippen MR) is 52.3 cm³/mol. The Hall–Kier alpha value is -0.610. The fourth-order valence-electron chi connectivity index (χ4n) is 1.67. The SMILES string of the molecule is CN1CCC(CNC(=O)CCN)C1. The minimum Gasteiger partial charge on any atom is -0.356 e. The standard InChI is InChI=1S/C9H19N3O/c1-12-5-3-8(7-12)6-11-9(13)2-4-10/h8H,2-7,10H2,1H3,(H,11,13). The van der Waals surface area contributed by atoms with Crippen LogP contribution in [0.2, 0.25) is 0 Å². The Morgan fingerprint density at radius 3 is 3.00 bits per heavy atom. The van der Waals surface area contributed by atoms with Crippen LogP contribution in [-0.2, 0) is 4.79 Å². The van der Waals surface area contributed by atoms with Gasteiger partial charge in [-0.15, -0.1) is 0 Å². The highest BCUT2D eigenvalue weighted by Gasteiger charge is 2.19. The molecule has 0 aromatic carbocycles. The van der Waals surface area contributed by atoms with Gasteiger partial charge in [-0.05, 0) is 25.9 Å². The van der Waals surface area contributed by atoms with E-state index in [1.54, 1.807) is 0 Å². The van der Waals surface area contributed by atoms with Crippen molar-refractivity contribution in [3.05, 3.63) is 0 Å². The number of carbonyl (C=O) groups is 1. The van der Waals surface area contributed by atoms with Gasteiger partial charge in [0.15, 0.2) is 0 Å². The molecule has 0 bridgehead atoms. The Labute approximate surface area is 79.5 Å². The maximum absolute atomic E-state index is 11.1. The Bertz CT molecular complexity index is 172. The molecule has 13 heavy (non-hydrogen) atoms. The Morgan fingerprint density at radius 2 is 2.46 bits per heavy atom. The lowest BCUT2D eigenvalue weighted by molar-refractivity contribution is -0.121. The molecule has 1 fully saturated rings. The molecule has 76 valence electrons. The quantitative estimate of drug-likeness (QED) is 0.615.